The van der Waals surface area contributed by atoms with Crippen molar-refractivity contribution in [2.45, 2.75) is 6.92 Å². The highest BCUT2D eigenvalue weighted by Crippen LogP contribution is 2.08. The Morgan fingerprint density at radius 2 is 2.00 bits per heavy atom. The average Bonchev–Trinajstić information content (AvgIpc) is 2.04. The Balaban J connectivity index is 3.18. The van der Waals surface area contributed by atoms with E-state index >= 15 is 0 Å². The zero-order valence-corrected chi connectivity index (χ0v) is 6.67. The van der Waals surface area contributed by atoms with Gasteiger partial charge in [-0.3, -0.25) is 4.98 Å². The summed E-state index contributed by atoms with van der Waals surface area (Å²) in [5, 5.41) is 0. The zero-order valence-electron chi connectivity index (χ0n) is 6.67. The number of aromatic nitrogens is 1. The molecule has 0 aliphatic rings. The number of nitrogens with zero attached hydrogens (tertiary/aromatic N) is 1. The van der Waals surface area contributed by atoms with Crippen molar-refractivity contribution in [3.63, 3.8) is 0 Å². The van der Waals surface area contributed by atoms with E-state index in [1.807, 2.05) is 19.1 Å². The Morgan fingerprint density at radius 1 is 1.27 bits per heavy atom. The van der Waals surface area contributed by atoms with Gasteiger partial charge in [-0.15, -0.1) is 0 Å². The molecule has 1 nitrogen and oxygen atoms in total. The van der Waals surface area contributed by atoms with E-state index in [4.69, 9.17) is 0 Å². The molecule has 0 unspecified atom stereocenters. The molecule has 0 aromatic carbocycles. The summed E-state index contributed by atoms with van der Waals surface area (Å²) in [6, 6.07) is 3.92. The topological polar surface area (TPSA) is 12.9 Å². The highest BCUT2D eigenvalue weighted by Gasteiger charge is 1.94. The molecule has 0 N–H and O–H groups in total. The molecule has 0 bridgehead atoms. The second-order valence-electron chi connectivity index (χ2n) is 2.32. The Hall–Kier alpha value is -1.37. The molecule has 11 heavy (non-hydrogen) atoms. The van der Waals surface area contributed by atoms with Gasteiger partial charge in [-0.05, 0) is 24.6 Å². The quantitative estimate of drug-likeness (QED) is 0.623. The first kappa shape index (κ1) is 7.73. The molecule has 1 aromatic rings. The van der Waals surface area contributed by atoms with Gasteiger partial charge in [0.1, 0.15) is 0 Å². The van der Waals surface area contributed by atoms with Crippen molar-refractivity contribution in [2.24, 2.45) is 0 Å². The van der Waals surface area contributed by atoms with Crippen LogP contribution >= 0.6 is 0 Å². The van der Waals surface area contributed by atoms with Crippen LogP contribution in [-0.2, 0) is 0 Å². The Labute approximate surface area is 67.1 Å². The minimum Gasteiger partial charge on any atom is -0.253 e. The summed E-state index contributed by atoms with van der Waals surface area (Å²) in [4.78, 5) is 4.27. The maximum absolute atomic E-state index is 4.27. The van der Waals surface area contributed by atoms with E-state index < -0.39 is 0 Å². The van der Waals surface area contributed by atoms with Gasteiger partial charge in [0, 0.05) is 5.69 Å². The van der Waals surface area contributed by atoms with Crippen LogP contribution in [0.1, 0.15) is 17.0 Å². The number of hydrogen-bond acceptors (Lipinski definition) is 1. The lowest BCUT2D eigenvalue weighted by Crippen LogP contribution is -1.88. The fraction of sp³-hybridized carbons (Fsp3) is 0.100. The second-order valence-corrected chi connectivity index (χ2v) is 2.32. The predicted molar refractivity (Wildman–Crippen MR) is 49.2 cm³/mol. The third kappa shape index (κ3) is 1.55. The van der Waals surface area contributed by atoms with Crippen LogP contribution < -0.4 is 0 Å². The van der Waals surface area contributed by atoms with Gasteiger partial charge >= 0.3 is 0 Å². The van der Waals surface area contributed by atoms with E-state index in [9.17, 15) is 0 Å². The molecule has 0 spiro atoms. The molecule has 0 fully saturated rings. The molecule has 1 heteroatoms. The molecule has 0 atom stereocenters. The van der Waals surface area contributed by atoms with E-state index in [1.165, 1.54) is 0 Å². The summed E-state index contributed by atoms with van der Waals surface area (Å²) in [5.74, 6) is 0. The number of aryl methyl sites for hydroxylation is 1. The van der Waals surface area contributed by atoms with E-state index in [0.717, 1.165) is 17.0 Å². The van der Waals surface area contributed by atoms with E-state index in [-0.39, 0.29) is 0 Å². The molecule has 56 valence electrons. The standard InChI is InChI=1S/C10H11N/c1-4-9-6-7-10(5-2)11-8(9)3/h4-7H,1-2H2,3H3. The Morgan fingerprint density at radius 3 is 2.45 bits per heavy atom. The monoisotopic (exact) mass is 145 g/mol. The van der Waals surface area contributed by atoms with Crippen LogP contribution in [0.4, 0.5) is 0 Å². The Bertz CT molecular complexity index is 287. The summed E-state index contributed by atoms with van der Waals surface area (Å²) >= 11 is 0. The van der Waals surface area contributed by atoms with Crippen molar-refractivity contribution in [1.82, 2.24) is 4.98 Å². The third-order valence-corrected chi connectivity index (χ3v) is 1.58. The molecule has 1 aromatic heterocycles. The maximum Gasteiger partial charge on any atom is 0.0627 e. The molecule has 0 saturated heterocycles. The predicted octanol–water partition coefficient (Wildman–Crippen LogP) is 2.68. The van der Waals surface area contributed by atoms with Crippen molar-refractivity contribution < 1.29 is 0 Å². The molecule has 0 radical (unpaired) electrons. The van der Waals surface area contributed by atoms with Gasteiger partial charge in [-0.2, -0.15) is 0 Å². The van der Waals surface area contributed by atoms with Gasteiger partial charge in [-0.25, -0.2) is 0 Å². The van der Waals surface area contributed by atoms with Crippen molar-refractivity contribution in [3.8, 4) is 0 Å². The van der Waals surface area contributed by atoms with Crippen LogP contribution in [0.15, 0.2) is 25.3 Å². The van der Waals surface area contributed by atoms with Crippen molar-refractivity contribution in [1.29, 1.82) is 0 Å². The van der Waals surface area contributed by atoms with Crippen LogP contribution in [0.3, 0.4) is 0 Å². The maximum atomic E-state index is 4.27. The highest BCUT2D eigenvalue weighted by molar-refractivity contribution is 5.52. The van der Waals surface area contributed by atoms with Crippen molar-refractivity contribution in [3.05, 3.63) is 42.2 Å². The third-order valence-electron chi connectivity index (χ3n) is 1.58. The first-order valence-electron chi connectivity index (χ1n) is 3.50. The summed E-state index contributed by atoms with van der Waals surface area (Å²) in [7, 11) is 0. The SMILES string of the molecule is C=Cc1ccc(C=C)c(C)n1. The minimum absolute atomic E-state index is 0.910. The normalized spacial score (nSPS) is 9.18. The van der Waals surface area contributed by atoms with Gasteiger partial charge in [0.05, 0.1) is 5.69 Å². The average molecular weight is 145 g/mol. The lowest BCUT2D eigenvalue weighted by Gasteiger charge is -1.99. The summed E-state index contributed by atoms with van der Waals surface area (Å²) < 4.78 is 0. The summed E-state index contributed by atoms with van der Waals surface area (Å²) in [6.45, 7) is 9.28. The molecule has 0 amide bonds. The van der Waals surface area contributed by atoms with Gasteiger partial charge in [0.15, 0.2) is 0 Å². The van der Waals surface area contributed by atoms with E-state index in [1.54, 1.807) is 12.2 Å². The molecular weight excluding hydrogens is 134 g/mol. The van der Waals surface area contributed by atoms with Crippen LogP contribution in [-0.4, -0.2) is 4.98 Å². The van der Waals surface area contributed by atoms with Crippen LogP contribution in [0, 0.1) is 6.92 Å². The van der Waals surface area contributed by atoms with Gasteiger partial charge in [0.2, 0.25) is 0 Å². The first-order chi connectivity index (χ1) is 5.27. The second kappa shape index (κ2) is 3.15. The van der Waals surface area contributed by atoms with E-state index in [0.29, 0.717) is 0 Å². The summed E-state index contributed by atoms with van der Waals surface area (Å²) in [5.41, 5.74) is 2.99. The largest absolute Gasteiger partial charge is 0.253 e. The van der Waals surface area contributed by atoms with Crippen molar-refractivity contribution >= 4 is 12.2 Å². The van der Waals surface area contributed by atoms with Gasteiger partial charge in [-0.1, -0.05) is 25.3 Å². The van der Waals surface area contributed by atoms with Gasteiger partial charge in [0.25, 0.3) is 0 Å². The molecular formula is C10H11N. The number of hydrogen-bond donors (Lipinski definition) is 0. The Kier molecular flexibility index (Phi) is 2.21. The fourth-order valence-corrected chi connectivity index (χ4v) is 0.921. The number of rotatable bonds is 2. The van der Waals surface area contributed by atoms with Crippen LogP contribution in [0.25, 0.3) is 12.2 Å². The molecule has 1 heterocycles. The van der Waals surface area contributed by atoms with E-state index in [2.05, 4.69) is 18.1 Å². The lowest BCUT2D eigenvalue weighted by atomic mass is 10.2. The lowest BCUT2D eigenvalue weighted by molar-refractivity contribution is 1.17. The summed E-state index contributed by atoms with van der Waals surface area (Å²) in [6.07, 6.45) is 3.54. The highest BCUT2D eigenvalue weighted by atomic mass is 14.7. The smallest absolute Gasteiger partial charge is 0.0627 e. The number of pyridine rings is 1. The van der Waals surface area contributed by atoms with Crippen LogP contribution in [0.2, 0.25) is 0 Å². The van der Waals surface area contributed by atoms with Crippen LogP contribution in [0.5, 0.6) is 0 Å². The minimum atomic E-state index is 0.910. The van der Waals surface area contributed by atoms with Crippen molar-refractivity contribution in [2.75, 3.05) is 0 Å². The molecule has 0 aliphatic heterocycles. The first-order valence-corrected chi connectivity index (χ1v) is 3.50. The molecule has 0 saturated carbocycles. The fourth-order valence-electron chi connectivity index (χ4n) is 0.921. The molecule has 1 rings (SSSR count). The molecule has 0 aliphatic carbocycles. The van der Waals surface area contributed by atoms with Gasteiger partial charge < -0.3 is 0 Å². The zero-order chi connectivity index (χ0) is 8.27.